The van der Waals surface area contributed by atoms with Gasteiger partial charge in [-0.05, 0) is 37.1 Å². The number of carbonyl (C=O) groups is 1. The summed E-state index contributed by atoms with van der Waals surface area (Å²) in [5, 5.41) is 11.5. The topological polar surface area (TPSA) is 98.7 Å². The quantitative estimate of drug-likeness (QED) is 0.539. The van der Waals surface area contributed by atoms with Gasteiger partial charge < -0.3 is 11.2 Å². The number of benzene rings is 1. The van der Waals surface area contributed by atoms with E-state index in [1.54, 1.807) is 18.5 Å². The van der Waals surface area contributed by atoms with Crippen LogP contribution in [0.4, 0.5) is 5.69 Å². The Balaban J connectivity index is 1.66. The summed E-state index contributed by atoms with van der Waals surface area (Å²) in [6.45, 7) is 3.93. The lowest BCUT2D eigenvalue weighted by Crippen LogP contribution is -2.17. The van der Waals surface area contributed by atoms with Crippen LogP contribution in [-0.2, 0) is 4.79 Å². The lowest BCUT2D eigenvalue weighted by Gasteiger charge is -2.11. The first kappa shape index (κ1) is 17.0. The largest absolute Gasteiger partial charge is 0.335 e. The van der Waals surface area contributed by atoms with Gasteiger partial charge in [-0.25, -0.2) is 4.68 Å². The highest BCUT2D eigenvalue weighted by molar-refractivity contribution is 7.99. The van der Waals surface area contributed by atoms with Crippen LogP contribution < -0.4 is 11.2 Å². The molecular weight excluding hydrogens is 336 g/mol. The number of nitrogens with two attached hydrogens (primary N) is 1. The average molecular weight is 354 g/mol. The zero-order valence-corrected chi connectivity index (χ0v) is 14.7. The Bertz CT molecular complexity index is 873. The number of anilines is 1. The number of pyridine rings is 1. The van der Waals surface area contributed by atoms with Gasteiger partial charge in [0.25, 0.3) is 0 Å². The van der Waals surface area contributed by atoms with E-state index in [-0.39, 0.29) is 11.7 Å². The van der Waals surface area contributed by atoms with Crippen molar-refractivity contribution in [1.82, 2.24) is 19.9 Å². The number of para-hydroxylation sites is 1. The molecule has 0 spiro atoms. The van der Waals surface area contributed by atoms with E-state index in [2.05, 4.69) is 20.5 Å². The summed E-state index contributed by atoms with van der Waals surface area (Å²) in [4.78, 5) is 16.3. The Morgan fingerprint density at radius 2 is 1.96 bits per heavy atom. The summed E-state index contributed by atoms with van der Waals surface area (Å²) in [7, 11) is 0. The van der Waals surface area contributed by atoms with Crippen LogP contribution >= 0.6 is 11.8 Å². The smallest absolute Gasteiger partial charge is 0.234 e. The number of thioether (sulfide) groups is 1. The average Bonchev–Trinajstić information content (AvgIpc) is 2.98. The minimum absolute atomic E-state index is 0.117. The highest BCUT2D eigenvalue weighted by atomic mass is 32.2. The molecule has 3 aromatic rings. The first-order valence-corrected chi connectivity index (χ1v) is 8.64. The predicted octanol–water partition coefficient (Wildman–Crippen LogP) is 2.40. The second kappa shape index (κ2) is 7.35. The highest BCUT2D eigenvalue weighted by Crippen LogP contribution is 2.22. The molecule has 128 valence electrons. The van der Waals surface area contributed by atoms with Gasteiger partial charge in [-0.2, -0.15) is 0 Å². The van der Waals surface area contributed by atoms with Crippen molar-refractivity contribution in [2.24, 2.45) is 0 Å². The fraction of sp³-hybridized carbons (Fsp3) is 0.176. The number of nitrogen functional groups attached to an aromatic ring is 1. The fourth-order valence-electron chi connectivity index (χ4n) is 2.38. The van der Waals surface area contributed by atoms with Gasteiger partial charge in [-0.15, -0.1) is 10.2 Å². The molecule has 2 heterocycles. The lowest BCUT2D eigenvalue weighted by molar-refractivity contribution is -0.113. The SMILES string of the molecule is Cc1cccc(C)c1NC(=O)CSc1nnc(-c2cccnc2)n1N. The molecule has 0 aliphatic carbocycles. The lowest BCUT2D eigenvalue weighted by atomic mass is 10.1. The van der Waals surface area contributed by atoms with Gasteiger partial charge >= 0.3 is 0 Å². The van der Waals surface area contributed by atoms with Gasteiger partial charge in [-0.3, -0.25) is 9.78 Å². The maximum Gasteiger partial charge on any atom is 0.234 e. The van der Waals surface area contributed by atoms with Crippen molar-refractivity contribution in [1.29, 1.82) is 0 Å². The molecule has 1 amide bonds. The van der Waals surface area contributed by atoms with E-state index in [9.17, 15) is 4.79 Å². The highest BCUT2D eigenvalue weighted by Gasteiger charge is 2.14. The number of aromatic nitrogens is 4. The van der Waals surface area contributed by atoms with E-state index in [0.29, 0.717) is 11.0 Å². The Labute approximate surface area is 149 Å². The summed E-state index contributed by atoms with van der Waals surface area (Å²) in [6.07, 6.45) is 3.34. The van der Waals surface area contributed by atoms with Crippen LogP contribution in [0.2, 0.25) is 0 Å². The van der Waals surface area contributed by atoms with Crippen LogP contribution in [0, 0.1) is 13.8 Å². The fourth-order valence-corrected chi connectivity index (χ4v) is 3.04. The molecule has 1 aromatic carbocycles. The normalized spacial score (nSPS) is 10.6. The summed E-state index contributed by atoms with van der Waals surface area (Å²) in [5.74, 6) is 6.61. The summed E-state index contributed by atoms with van der Waals surface area (Å²) in [5.41, 5.74) is 3.67. The van der Waals surface area contributed by atoms with Crippen LogP contribution in [0.3, 0.4) is 0 Å². The number of hydrogen-bond donors (Lipinski definition) is 2. The zero-order valence-electron chi connectivity index (χ0n) is 13.9. The monoisotopic (exact) mass is 354 g/mol. The number of carbonyl (C=O) groups excluding carboxylic acids is 1. The molecule has 25 heavy (non-hydrogen) atoms. The van der Waals surface area contributed by atoms with Crippen LogP contribution in [0.5, 0.6) is 0 Å². The number of hydrogen-bond acceptors (Lipinski definition) is 6. The van der Waals surface area contributed by atoms with E-state index in [4.69, 9.17) is 5.84 Å². The molecule has 8 heteroatoms. The summed E-state index contributed by atoms with van der Waals surface area (Å²) < 4.78 is 1.37. The van der Waals surface area contributed by atoms with Crippen molar-refractivity contribution < 1.29 is 4.79 Å². The number of nitrogens with one attached hydrogen (secondary N) is 1. The Morgan fingerprint density at radius 1 is 1.20 bits per heavy atom. The molecule has 0 unspecified atom stereocenters. The molecule has 0 atom stereocenters. The zero-order chi connectivity index (χ0) is 17.8. The minimum Gasteiger partial charge on any atom is -0.335 e. The first-order chi connectivity index (χ1) is 12.1. The van der Waals surface area contributed by atoms with Gasteiger partial charge in [0.15, 0.2) is 5.82 Å². The summed E-state index contributed by atoms with van der Waals surface area (Å²) >= 11 is 1.23. The molecule has 3 rings (SSSR count). The van der Waals surface area contributed by atoms with Crippen molar-refractivity contribution in [3.63, 3.8) is 0 Å². The van der Waals surface area contributed by atoms with E-state index in [1.165, 1.54) is 16.4 Å². The maximum atomic E-state index is 12.2. The van der Waals surface area contributed by atoms with Crippen molar-refractivity contribution in [2.45, 2.75) is 19.0 Å². The van der Waals surface area contributed by atoms with Crippen molar-refractivity contribution in [2.75, 3.05) is 16.9 Å². The molecule has 3 N–H and O–H groups in total. The van der Waals surface area contributed by atoms with Crippen LogP contribution in [0.15, 0.2) is 47.9 Å². The molecule has 0 fully saturated rings. The van der Waals surface area contributed by atoms with Crippen LogP contribution in [0.1, 0.15) is 11.1 Å². The second-order valence-electron chi connectivity index (χ2n) is 5.52. The van der Waals surface area contributed by atoms with Gasteiger partial charge in [0.1, 0.15) is 0 Å². The van der Waals surface area contributed by atoms with Gasteiger partial charge in [0, 0.05) is 23.6 Å². The standard InChI is InChI=1S/C17H18N6OS/c1-11-5-3-6-12(2)15(11)20-14(24)10-25-17-22-21-16(23(17)18)13-7-4-8-19-9-13/h3-9H,10,18H2,1-2H3,(H,20,24). The molecule has 7 nitrogen and oxygen atoms in total. The maximum absolute atomic E-state index is 12.2. The molecule has 0 saturated heterocycles. The van der Waals surface area contributed by atoms with E-state index in [0.717, 1.165) is 22.4 Å². The van der Waals surface area contributed by atoms with E-state index in [1.807, 2.05) is 38.1 Å². The molecule has 0 aliphatic heterocycles. The van der Waals surface area contributed by atoms with Crippen LogP contribution in [-0.4, -0.2) is 31.5 Å². The third-order valence-corrected chi connectivity index (χ3v) is 4.61. The van der Waals surface area contributed by atoms with Gasteiger partial charge in [0.2, 0.25) is 11.1 Å². The van der Waals surface area contributed by atoms with E-state index >= 15 is 0 Å². The minimum atomic E-state index is -0.117. The van der Waals surface area contributed by atoms with Gasteiger partial charge in [-0.1, -0.05) is 30.0 Å². The Kier molecular flexibility index (Phi) is 4.99. The molecule has 0 saturated carbocycles. The number of nitrogens with zero attached hydrogens (tertiary/aromatic N) is 4. The Morgan fingerprint density at radius 3 is 2.64 bits per heavy atom. The van der Waals surface area contributed by atoms with Crippen molar-refractivity contribution >= 4 is 23.4 Å². The van der Waals surface area contributed by atoms with Crippen molar-refractivity contribution in [3.05, 3.63) is 53.9 Å². The first-order valence-electron chi connectivity index (χ1n) is 7.66. The Hall–Kier alpha value is -2.87. The third-order valence-electron chi connectivity index (χ3n) is 3.66. The summed E-state index contributed by atoms with van der Waals surface area (Å²) in [6, 6.07) is 9.54. The molecule has 0 aliphatic rings. The van der Waals surface area contributed by atoms with Crippen molar-refractivity contribution in [3.8, 4) is 11.4 Å². The van der Waals surface area contributed by atoms with E-state index < -0.39 is 0 Å². The third kappa shape index (κ3) is 3.80. The number of amides is 1. The van der Waals surface area contributed by atoms with Crippen LogP contribution in [0.25, 0.3) is 11.4 Å². The molecular formula is C17H18N6OS. The molecule has 0 radical (unpaired) electrons. The predicted molar refractivity (Wildman–Crippen MR) is 98.7 cm³/mol. The second-order valence-corrected chi connectivity index (χ2v) is 6.46. The van der Waals surface area contributed by atoms with Gasteiger partial charge in [0.05, 0.1) is 5.75 Å². The molecule has 0 bridgehead atoms. The molecule has 2 aromatic heterocycles. The number of rotatable bonds is 5. The number of aryl methyl sites for hydroxylation is 2.